The molecular weight excluding hydrogens is 482 g/mol. The fraction of sp³-hybridized carbons (Fsp3) is 0.207. The molecule has 2 N–H and O–H groups in total. The molecule has 3 aromatic carbocycles. The normalized spacial score (nSPS) is 15.0. The first kappa shape index (κ1) is 23.5. The average Bonchev–Trinajstić information content (AvgIpc) is 3.35. The molecule has 0 unspecified atom stereocenters. The van der Waals surface area contributed by atoms with Crippen LogP contribution in [0.3, 0.4) is 0 Å². The first-order valence-corrected chi connectivity index (χ1v) is 13.3. The first-order chi connectivity index (χ1) is 18.2. The average molecular weight is 510 g/mol. The van der Waals surface area contributed by atoms with Crippen LogP contribution in [-0.4, -0.2) is 53.1 Å². The SMILES string of the molecule is Nc1ccc(-n2nc(C(=O)N3CCOCC3)c3c2-c2ccccc2SC3)cc1C=NCc1ccccc1. The number of thioether (sulfide) groups is 1. The number of hydrogen-bond acceptors (Lipinski definition) is 6. The van der Waals surface area contributed by atoms with E-state index in [0.29, 0.717) is 50.0 Å². The molecule has 3 heterocycles. The zero-order valence-corrected chi connectivity index (χ0v) is 21.2. The van der Waals surface area contributed by atoms with E-state index in [-0.39, 0.29) is 5.91 Å². The molecule has 1 aromatic heterocycles. The Labute approximate surface area is 220 Å². The standard InChI is InChI=1S/C29H27N5O2S/c30-25-11-10-22(16-21(25)18-31-17-20-6-2-1-3-7-20)34-28-23-8-4-5-9-26(23)37-19-24(28)27(32-34)29(35)33-12-14-36-15-13-33/h1-11,16,18H,12-15,17,19,30H2. The molecule has 1 saturated heterocycles. The molecule has 0 saturated carbocycles. The Balaban J connectivity index is 1.41. The zero-order valence-electron chi connectivity index (χ0n) is 20.3. The molecule has 186 valence electrons. The van der Waals surface area contributed by atoms with Gasteiger partial charge in [0, 0.05) is 52.3 Å². The monoisotopic (exact) mass is 509 g/mol. The number of benzene rings is 3. The number of carbonyl (C=O) groups is 1. The fourth-order valence-corrected chi connectivity index (χ4v) is 5.78. The van der Waals surface area contributed by atoms with Crippen molar-refractivity contribution in [1.82, 2.24) is 14.7 Å². The molecule has 1 fully saturated rings. The maximum atomic E-state index is 13.6. The van der Waals surface area contributed by atoms with E-state index in [2.05, 4.69) is 29.3 Å². The molecule has 6 rings (SSSR count). The second-order valence-electron chi connectivity index (χ2n) is 9.05. The van der Waals surface area contributed by atoms with E-state index in [9.17, 15) is 4.79 Å². The van der Waals surface area contributed by atoms with Crippen LogP contribution in [-0.2, 0) is 17.0 Å². The van der Waals surface area contributed by atoms with Gasteiger partial charge in [0.1, 0.15) is 0 Å². The molecule has 37 heavy (non-hydrogen) atoms. The van der Waals surface area contributed by atoms with Crippen molar-refractivity contribution in [1.29, 1.82) is 0 Å². The lowest BCUT2D eigenvalue weighted by Gasteiger charge is -2.26. The van der Waals surface area contributed by atoms with E-state index in [4.69, 9.17) is 15.6 Å². The number of carbonyl (C=O) groups excluding carboxylic acids is 1. The summed E-state index contributed by atoms with van der Waals surface area (Å²) in [6.45, 7) is 2.83. The summed E-state index contributed by atoms with van der Waals surface area (Å²) < 4.78 is 7.35. The van der Waals surface area contributed by atoms with Gasteiger partial charge in [0.05, 0.1) is 31.1 Å². The van der Waals surface area contributed by atoms with Crippen LogP contribution in [0.2, 0.25) is 0 Å². The molecule has 0 spiro atoms. The van der Waals surface area contributed by atoms with Crippen molar-refractivity contribution >= 4 is 29.6 Å². The van der Waals surface area contributed by atoms with Crippen LogP contribution in [0.15, 0.2) is 82.7 Å². The van der Waals surface area contributed by atoms with Crippen molar-refractivity contribution in [2.75, 3.05) is 32.0 Å². The topological polar surface area (TPSA) is 85.7 Å². The van der Waals surface area contributed by atoms with E-state index >= 15 is 0 Å². The van der Waals surface area contributed by atoms with Crippen LogP contribution in [0.1, 0.15) is 27.2 Å². The van der Waals surface area contributed by atoms with Crippen LogP contribution >= 0.6 is 11.8 Å². The van der Waals surface area contributed by atoms with Crippen LogP contribution in [0.5, 0.6) is 0 Å². The first-order valence-electron chi connectivity index (χ1n) is 12.3. The van der Waals surface area contributed by atoms with Crippen molar-refractivity contribution in [2.45, 2.75) is 17.2 Å². The minimum Gasteiger partial charge on any atom is -0.398 e. The van der Waals surface area contributed by atoms with Crippen LogP contribution in [0, 0.1) is 0 Å². The van der Waals surface area contributed by atoms with Gasteiger partial charge in [-0.05, 0) is 29.8 Å². The van der Waals surface area contributed by atoms with Crippen LogP contribution in [0.25, 0.3) is 16.9 Å². The summed E-state index contributed by atoms with van der Waals surface area (Å²) in [5.74, 6) is 0.649. The minimum atomic E-state index is -0.0432. The summed E-state index contributed by atoms with van der Waals surface area (Å²) in [4.78, 5) is 21.2. The van der Waals surface area contributed by atoms with E-state index < -0.39 is 0 Å². The Morgan fingerprint density at radius 1 is 1.05 bits per heavy atom. The molecule has 7 nitrogen and oxygen atoms in total. The van der Waals surface area contributed by atoms with Gasteiger partial charge in [-0.1, -0.05) is 48.5 Å². The van der Waals surface area contributed by atoms with E-state index in [0.717, 1.165) is 33.6 Å². The fourth-order valence-electron chi connectivity index (χ4n) is 4.72. The highest BCUT2D eigenvalue weighted by atomic mass is 32.2. The van der Waals surface area contributed by atoms with Crippen molar-refractivity contribution < 1.29 is 9.53 Å². The predicted molar refractivity (Wildman–Crippen MR) is 147 cm³/mol. The number of anilines is 1. The third kappa shape index (κ3) is 4.65. The van der Waals surface area contributed by atoms with Crippen molar-refractivity contribution in [2.24, 2.45) is 4.99 Å². The van der Waals surface area contributed by atoms with Gasteiger partial charge in [-0.2, -0.15) is 5.10 Å². The summed E-state index contributed by atoms with van der Waals surface area (Å²) >= 11 is 1.74. The highest BCUT2D eigenvalue weighted by Crippen LogP contribution is 2.44. The van der Waals surface area contributed by atoms with Crippen molar-refractivity contribution in [3.63, 3.8) is 0 Å². The number of ether oxygens (including phenoxy) is 1. The highest BCUT2D eigenvalue weighted by molar-refractivity contribution is 7.98. The van der Waals surface area contributed by atoms with Crippen LogP contribution in [0.4, 0.5) is 5.69 Å². The van der Waals surface area contributed by atoms with Gasteiger partial charge < -0.3 is 15.4 Å². The molecule has 4 aromatic rings. The molecule has 0 radical (unpaired) electrons. The number of nitrogens with two attached hydrogens (primary N) is 1. The van der Waals surface area contributed by atoms with Crippen molar-refractivity contribution in [3.05, 3.63) is 95.2 Å². The Hall–Kier alpha value is -3.88. The number of amides is 1. The molecule has 0 aliphatic carbocycles. The van der Waals surface area contributed by atoms with Gasteiger partial charge in [0.25, 0.3) is 5.91 Å². The lowest BCUT2D eigenvalue weighted by molar-refractivity contribution is 0.0298. The number of rotatable bonds is 5. The number of hydrogen-bond donors (Lipinski definition) is 1. The second-order valence-corrected chi connectivity index (χ2v) is 10.1. The Kier molecular flexibility index (Phi) is 6.51. The number of nitrogen functional groups attached to an aromatic ring is 1. The second kappa shape index (κ2) is 10.2. The van der Waals surface area contributed by atoms with Crippen LogP contribution < -0.4 is 5.73 Å². The summed E-state index contributed by atoms with van der Waals surface area (Å²) in [6, 6.07) is 24.2. The molecule has 1 amide bonds. The Bertz CT molecular complexity index is 1480. The van der Waals surface area contributed by atoms with Gasteiger partial charge in [0.2, 0.25) is 0 Å². The van der Waals surface area contributed by atoms with Gasteiger partial charge in [0.15, 0.2) is 5.69 Å². The zero-order chi connectivity index (χ0) is 25.2. The number of aliphatic imine (C=N–C) groups is 1. The Morgan fingerprint density at radius 3 is 2.68 bits per heavy atom. The number of aromatic nitrogens is 2. The third-order valence-electron chi connectivity index (χ3n) is 6.66. The summed E-state index contributed by atoms with van der Waals surface area (Å²) in [7, 11) is 0. The van der Waals surface area contributed by atoms with E-state index in [1.165, 1.54) is 4.90 Å². The van der Waals surface area contributed by atoms with Gasteiger partial charge in [-0.25, -0.2) is 4.68 Å². The Morgan fingerprint density at radius 2 is 1.84 bits per heavy atom. The van der Waals surface area contributed by atoms with Gasteiger partial charge >= 0.3 is 0 Å². The number of nitrogens with zero attached hydrogens (tertiary/aromatic N) is 4. The number of fused-ring (bicyclic) bond motifs is 3. The maximum absolute atomic E-state index is 13.6. The lowest BCUT2D eigenvalue weighted by Crippen LogP contribution is -2.41. The molecule has 2 aliphatic rings. The lowest BCUT2D eigenvalue weighted by atomic mass is 10.0. The maximum Gasteiger partial charge on any atom is 0.274 e. The molecule has 2 aliphatic heterocycles. The summed E-state index contributed by atoms with van der Waals surface area (Å²) in [6.07, 6.45) is 1.81. The molecular formula is C29H27N5O2S. The molecule has 8 heteroatoms. The van der Waals surface area contributed by atoms with Gasteiger partial charge in [-0.3, -0.25) is 9.79 Å². The minimum absolute atomic E-state index is 0.0432. The van der Waals surface area contributed by atoms with E-state index in [1.807, 2.05) is 64.3 Å². The van der Waals surface area contributed by atoms with Gasteiger partial charge in [-0.15, -0.1) is 11.8 Å². The highest BCUT2D eigenvalue weighted by Gasteiger charge is 2.31. The molecule has 0 atom stereocenters. The predicted octanol–water partition coefficient (Wildman–Crippen LogP) is 4.82. The summed E-state index contributed by atoms with van der Waals surface area (Å²) in [5, 5.41) is 4.92. The largest absolute Gasteiger partial charge is 0.398 e. The quantitative estimate of drug-likeness (QED) is 0.308. The summed E-state index contributed by atoms with van der Waals surface area (Å²) in [5.41, 5.74) is 13.3. The third-order valence-corrected chi connectivity index (χ3v) is 7.76. The van der Waals surface area contributed by atoms with E-state index in [1.54, 1.807) is 11.8 Å². The molecule has 0 bridgehead atoms. The smallest absolute Gasteiger partial charge is 0.274 e. The van der Waals surface area contributed by atoms with Crippen molar-refractivity contribution in [3.8, 4) is 16.9 Å². The number of morpholine rings is 1.